The van der Waals surface area contributed by atoms with Crippen LogP contribution in [-0.4, -0.2) is 132 Å². The van der Waals surface area contributed by atoms with Crippen molar-refractivity contribution in [2.45, 2.75) is 189 Å². The summed E-state index contributed by atoms with van der Waals surface area (Å²) in [4.78, 5) is 126. The highest BCUT2D eigenvalue weighted by Crippen LogP contribution is 2.63. The zero-order valence-corrected chi connectivity index (χ0v) is 54.1. The number of rotatable bonds is 26. The molecule has 6 aliphatic rings. The van der Waals surface area contributed by atoms with Crippen LogP contribution in [0.15, 0.2) is 67.8 Å². The number of nitrogens with one attached hydrogen (secondary N) is 2. The van der Waals surface area contributed by atoms with Gasteiger partial charge in [-0.1, -0.05) is 34.6 Å². The SMILES string of the molecule is CC1=C2N=C(C=C3N/C(=C(/C)C4=N[C@@](C)([C@@H]5N=C1[C@@](C)(CCC(=O)NC[C@H](C)OP(=O)(O)O[C@H]1[C@@H](O)[C@@H](n6cnc7cc(C)c(C)cc76)O[C@@H]1CO)[C@H]5CC(N)=O)[C@@](C)(CC(N)=O)[C@@H]4CCC(N)=O)[C@@](C)(CC(N)=O)[C@@H]3CCC(N)=O)C(C)(C)[C@@H]2CCC(N)=O. The molecule has 8 bridgehead atoms. The molecule has 0 spiro atoms. The standard InChI is InChI=1S/C62H90N13O14P/c1-29-20-39-40(21-30(29)2)75(28-70-39)57-52(84)53(41(27-76)87-57)89-90(85,86)88-31(3)26-69-49(83)18-19-59(8)37(22-46(66)80)56-62(11)61(10,25-48(68)82)36(14-17-45(65)79)51(74-62)33(5)55-60(9,24-47(67)81)34(12-15-43(63)77)38(71-55)23-42-58(6,7)35(13-16-44(64)78)50(72-42)32(4)54(59)73-56/h20-21,23,28,31,34-37,41,52-53,56-57,71,76,84H,12-19,22,24-27H2,1-11H3,(H2,63,77)(H2,64,78)(H2,65,79)(H2,66,80)(H2,67,81)(H2,68,82)(H,69,83)(H,85,86)/b38-23?,50-32?,55-33-/t31-,34+,35+,36+,37-,41+,52+,53+,56+,57-,59-,60-,61-,62-/m0/s1. The van der Waals surface area contributed by atoms with Crippen LogP contribution in [0.2, 0.25) is 0 Å². The fourth-order valence-corrected chi connectivity index (χ4v) is 16.6. The number of hydrogen-bond donors (Lipinski definition) is 11. The summed E-state index contributed by atoms with van der Waals surface area (Å²) in [7, 11) is -5.07. The molecule has 1 aromatic heterocycles. The second kappa shape index (κ2) is 25.6. The highest BCUT2D eigenvalue weighted by Gasteiger charge is 2.66. The molecule has 2 aromatic rings. The number of aliphatic hydroxyl groups is 2. The number of imidazole rings is 1. The number of nitrogens with two attached hydrogens (primary N) is 6. The van der Waals surface area contributed by atoms with Crippen LogP contribution in [0.3, 0.4) is 0 Å². The minimum absolute atomic E-state index is 0.0114. The zero-order valence-electron chi connectivity index (χ0n) is 53.3. The van der Waals surface area contributed by atoms with E-state index >= 15 is 0 Å². The molecule has 2 saturated heterocycles. The Balaban J connectivity index is 1.19. The third kappa shape index (κ3) is 13.0. The number of benzene rings is 1. The minimum atomic E-state index is -5.07. The summed E-state index contributed by atoms with van der Waals surface area (Å²) >= 11 is 0. The highest BCUT2D eigenvalue weighted by atomic mass is 31.2. The Kier molecular flexibility index (Phi) is 19.6. The summed E-state index contributed by atoms with van der Waals surface area (Å²) in [6, 6.07) is 2.70. The van der Waals surface area contributed by atoms with Crippen molar-refractivity contribution in [1.82, 2.24) is 20.2 Å². The van der Waals surface area contributed by atoms with Crippen LogP contribution >= 0.6 is 7.82 Å². The fraction of sp³-hybridized carbons (Fsp3) is 0.629. The first-order chi connectivity index (χ1) is 41.8. The Morgan fingerprint density at radius 1 is 0.800 bits per heavy atom. The molecule has 0 radical (unpaired) electrons. The van der Waals surface area contributed by atoms with Crippen molar-refractivity contribution in [1.29, 1.82) is 0 Å². The minimum Gasteiger partial charge on any atom is -0.394 e. The van der Waals surface area contributed by atoms with Gasteiger partial charge < -0.3 is 69.4 Å². The number of aliphatic imine (C=N–C) groups is 3. The number of carbonyl (C=O) groups is 7. The molecular weight excluding hydrogens is 1180 g/mol. The number of carbonyl (C=O) groups excluding carboxylic acids is 7. The van der Waals surface area contributed by atoms with Gasteiger partial charge in [0.2, 0.25) is 41.4 Å². The number of ether oxygens (including phenoxy) is 1. The number of allylic oxidation sites excluding steroid dienone is 6. The van der Waals surface area contributed by atoms with E-state index in [-0.39, 0.29) is 77.2 Å². The molecule has 90 heavy (non-hydrogen) atoms. The first-order valence-corrected chi connectivity index (χ1v) is 32.1. The number of fused-ring (bicyclic) bond motifs is 7. The van der Waals surface area contributed by atoms with E-state index in [1.54, 1.807) is 4.57 Å². The number of hydrogen-bond acceptors (Lipinski definition) is 18. The maximum absolute atomic E-state index is 14.4. The van der Waals surface area contributed by atoms with Crippen molar-refractivity contribution >= 4 is 77.3 Å². The lowest BCUT2D eigenvalue weighted by Gasteiger charge is -2.48. The molecule has 2 fully saturated rings. The lowest BCUT2D eigenvalue weighted by atomic mass is 9.55. The maximum atomic E-state index is 14.4. The van der Waals surface area contributed by atoms with Crippen LogP contribution in [0.1, 0.15) is 150 Å². The monoisotopic (exact) mass is 1270 g/mol. The number of aliphatic hydroxyl groups excluding tert-OH is 2. The summed E-state index contributed by atoms with van der Waals surface area (Å²) in [6.45, 7) is 19.3. The molecule has 7 heterocycles. The van der Waals surface area contributed by atoms with Gasteiger partial charge >= 0.3 is 7.82 Å². The number of nitrogens with zero attached hydrogens (tertiary/aromatic N) is 5. The van der Waals surface area contributed by atoms with E-state index in [4.69, 9.17) is 63.2 Å². The normalized spacial score (nSPS) is 32.8. The number of amides is 7. The van der Waals surface area contributed by atoms with Crippen LogP contribution < -0.4 is 45.0 Å². The average Bonchev–Trinajstić information content (AvgIpc) is 1.53. The van der Waals surface area contributed by atoms with Gasteiger partial charge in [0, 0.05) is 131 Å². The van der Waals surface area contributed by atoms with Gasteiger partial charge in [0.25, 0.3) is 0 Å². The molecule has 492 valence electrons. The molecule has 0 aliphatic carbocycles. The third-order valence-corrected chi connectivity index (χ3v) is 21.7. The summed E-state index contributed by atoms with van der Waals surface area (Å²) in [5, 5.41) is 28.2. The van der Waals surface area contributed by atoms with Crippen molar-refractivity contribution in [2.75, 3.05) is 13.2 Å². The maximum Gasteiger partial charge on any atom is 0.472 e. The molecule has 6 aliphatic heterocycles. The molecule has 1 unspecified atom stereocenters. The number of aromatic nitrogens is 2. The second-order valence-electron chi connectivity index (χ2n) is 27.1. The lowest BCUT2D eigenvalue weighted by Crippen LogP contribution is -2.56. The van der Waals surface area contributed by atoms with Crippen LogP contribution in [0.25, 0.3) is 11.0 Å². The molecule has 7 amide bonds. The second-order valence-corrected chi connectivity index (χ2v) is 28.4. The largest absolute Gasteiger partial charge is 0.472 e. The quantitative estimate of drug-likeness (QED) is 0.0603. The van der Waals surface area contributed by atoms with E-state index < -0.39 is 143 Å². The molecule has 15 atom stereocenters. The predicted molar refractivity (Wildman–Crippen MR) is 334 cm³/mol. The zero-order chi connectivity index (χ0) is 66.7. The number of phosphoric acid groups is 1. The number of aryl methyl sites for hydroxylation is 2. The molecular formula is C62H90N13O14P. The molecule has 17 N–H and O–H groups in total. The van der Waals surface area contributed by atoms with Crippen molar-refractivity contribution in [3.8, 4) is 0 Å². The van der Waals surface area contributed by atoms with Crippen molar-refractivity contribution in [3.05, 3.63) is 63.9 Å². The first-order valence-electron chi connectivity index (χ1n) is 30.6. The lowest BCUT2D eigenvalue weighted by molar-refractivity contribution is -0.124. The van der Waals surface area contributed by atoms with E-state index in [9.17, 15) is 53.2 Å². The Hall–Kier alpha value is -7.00. The molecule has 1 aromatic carbocycles. The van der Waals surface area contributed by atoms with Gasteiger partial charge in [0.05, 0.1) is 41.7 Å². The Morgan fingerprint density at radius 2 is 1.40 bits per heavy atom. The van der Waals surface area contributed by atoms with E-state index in [1.165, 1.54) is 13.3 Å². The Morgan fingerprint density at radius 3 is 1.99 bits per heavy atom. The third-order valence-electron chi connectivity index (χ3n) is 20.6. The van der Waals surface area contributed by atoms with Crippen molar-refractivity contribution in [3.63, 3.8) is 0 Å². The summed E-state index contributed by atoms with van der Waals surface area (Å²) in [6.07, 6.45) is -4.26. The molecule has 0 saturated carbocycles. The average molecular weight is 1270 g/mol. The van der Waals surface area contributed by atoms with Gasteiger partial charge in [0.1, 0.15) is 18.3 Å². The predicted octanol–water partition coefficient (Wildman–Crippen LogP) is 3.16. The van der Waals surface area contributed by atoms with Gasteiger partial charge in [-0.05, 0) is 108 Å². The van der Waals surface area contributed by atoms with E-state index in [2.05, 4.69) is 15.6 Å². The molecule has 8 rings (SSSR count). The fourth-order valence-electron chi connectivity index (χ4n) is 15.4. The number of primary amides is 6. The van der Waals surface area contributed by atoms with Crippen LogP contribution in [0.4, 0.5) is 0 Å². The molecule has 28 heteroatoms. The van der Waals surface area contributed by atoms with Gasteiger partial charge in [-0.15, -0.1) is 0 Å². The van der Waals surface area contributed by atoms with Gasteiger partial charge in [0.15, 0.2) is 6.23 Å². The first kappa shape index (κ1) is 68.9. The van der Waals surface area contributed by atoms with Gasteiger partial charge in [-0.25, -0.2) is 9.55 Å². The topological polar surface area (TPSA) is 460 Å². The van der Waals surface area contributed by atoms with Crippen molar-refractivity contribution < 1.29 is 67.0 Å². The summed E-state index contributed by atoms with van der Waals surface area (Å²) < 4.78 is 32.3. The van der Waals surface area contributed by atoms with Crippen LogP contribution in [0.5, 0.6) is 0 Å². The van der Waals surface area contributed by atoms with Crippen LogP contribution in [0, 0.1) is 59.2 Å². The number of phosphoric ester groups is 1. The Bertz CT molecular complexity index is 3540. The smallest absolute Gasteiger partial charge is 0.394 e. The van der Waals surface area contributed by atoms with Crippen molar-refractivity contribution in [2.24, 2.45) is 94.7 Å². The highest BCUT2D eigenvalue weighted by molar-refractivity contribution is 7.47. The molecule has 27 nitrogen and oxygen atoms in total. The Labute approximate surface area is 523 Å². The van der Waals surface area contributed by atoms with Gasteiger partial charge in [-0.2, -0.15) is 0 Å². The summed E-state index contributed by atoms with van der Waals surface area (Å²) in [5.41, 5.74) is 37.4. The van der Waals surface area contributed by atoms with Crippen LogP contribution in [-0.2, 0) is 51.9 Å². The van der Waals surface area contributed by atoms with Gasteiger partial charge in [-0.3, -0.25) is 57.6 Å². The van der Waals surface area contributed by atoms with E-state index in [0.717, 1.165) is 11.1 Å². The summed E-state index contributed by atoms with van der Waals surface area (Å²) in [5.74, 6) is -7.18. The van der Waals surface area contributed by atoms with E-state index in [0.29, 0.717) is 56.4 Å². The van der Waals surface area contributed by atoms with E-state index in [1.807, 2.05) is 87.4 Å².